The summed E-state index contributed by atoms with van der Waals surface area (Å²) in [6.07, 6.45) is 3.78. The maximum atomic E-state index is 12.5. The molecule has 1 atom stereocenters. The molecule has 1 saturated heterocycles. The number of thiocarbonyl (C=S) groups is 1. The number of benzene rings is 1. The standard InChI is InChI=1S/C15H14ClNO3S3/c1-22-7-6-11(14(19)20)17-13(18)12(23-15(17)21)8-9-4-2-3-5-10(9)16/h2-5,8,11H,6-7H2,1H3,(H,19,20)/p-1/b12-8-/t11-/m0/s1. The minimum Gasteiger partial charge on any atom is -0.548 e. The Morgan fingerprint density at radius 3 is 2.83 bits per heavy atom. The highest BCUT2D eigenvalue weighted by molar-refractivity contribution is 8.26. The maximum Gasteiger partial charge on any atom is 0.266 e. The molecule has 1 amide bonds. The van der Waals surface area contributed by atoms with Gasteiger partial charge in [-0.05, 0) is 36.1 Å². The Morgan fingerprint density at radius 1 is 1.52 bits per heavy atom. The second-order valence-corrected chi connectivity index (χ2v) is 7.76. The van der Waals surface area contributed by atoms with Crippen molar-refractivity contribution in [3.63, 3.8) is 0 Å². The number of carbonyl (C=O) groups excluding carboxylic acids is 2. The first-order valence-corrected chi connectivity index (χ1v) is 9.66. The zero-order valence-corrected chi connectivity index (χ0v) is 15.4. The summed E-state index contributed by atoms with van der Waals surface area (Å²) in [4.78, 5) is 25.4. The number of carboxylic acid groups (broad SMARTS) is 1. The summed E-state index contributed by atoms with van der Waals surface area (Å²) >= 11 is 13.9. The van der Waals surface area contributed by atoms with Gasteiger partial charge in [-0.15, -0.1) is 0 Å². The van der Waals surface area contributed by atoms with E-state index in [0.29, 0.717) is 21.2 Å². The molecule has 8 heteroatoms. The summed E-state index contributed by atoms with van der Waals surface area (Å²) in [6.45, 7) is 0. The van der Waals surface area contributed by atoms with E-state index in [-0.39, 0.29) is 10.7 Å². The van der Waals surface area contributed by atoms with E-state index in [2.05, 4.69) is 0 Å². The van der Waals surface area contributed by atoms with Gasteiger partial charge in [-0.2, -0.15) is 11.8 Å². The number of aliphatic carboxylic acids is 1. The van der Waals surface area contributed by atoms with Crippen LogP contribution in [-0.4, -0.2) is 39.1 Å². The van der Waals surface area contributed by atoms with Gasteiger partial charge in [0.25, 0.3) is 5.91 Å². The van der Waals surface area contributed by atoms with E-state index in [0.717, 1.165) is 16.7 Å². The number of carbonyl (C=O) groups is 2. The van der Waals surface area contributed by atoms with Gasteiger partial charge in [0.1, 0.15) is 4.32 Å². The van der Waals surface area contributed by atoms with Crippen LogP contribution in [0.1, 0.15) is 12.0 Å². The third-order valence-corrected chi connectivity index (χ3v) is 5.51. The SMILES string of the molecule is CSCC[C@@H](C(=O)[O-])N1C(=O)/C(=C/c2ccccc2Cl)SC1=S. The molecule has 1 aromatic carbocycles. The van der Waals surface area contributed by atoms with Crippen LogP contribution in [-0.2, 0) is 9.59 Å². The Labute approximate surface area is 153 Å². The van der Waals surface area contributed by atoms with Crippen molar-refractivity contribution in [3.8, 4) is 0 Å². The molecule has 1 aromatic rings. The van der Waals surface area contributed by atoms with Crippen LogP contribution in [0.5, 0.6) is 0 Å². The quantitative estimate of drug-likeness (QED) is 0.552. The van der Waals surface area contributed by atoms with Crippen molar-refractivity contribution in [1.29, 1.82) is 0 Å². The number of rotatable bonds is 6. The lowest BCUT2D eigenvalue weighted by Gasteiger charge is -2.27. The van der Waals surface area contributed by atoms with Gasteiger partial charge in [-0.25, -0.2) is 0 Å². The van der Waals surface area contributed by atoms with Gasteiger partial charge in [0.05, 0.1) is 16.9 Å². The fraction of sp³-hybridized carbons (Fsp3) is 0.267. The molecule has 0 N–H and O–H groups in total. The zero-order chi connectivity index (χ0) is 17.0. The molecule has 0 unspecified atom stereocenters. The van der Waals surface area contributed by atoms with Crippen LogP contribution >= 0.6 is 47.3 Å². The van der Waals surface area contributed by atoms with Gasteiger partial charge in [-0.3, -0.25) is 9.69 Å². The summed E-state index contributed by atoms with van der Waals surface area (Å²) in [5, 5.41) is 11.9. The van der Waals surface area contributed by atoms with Crippen molar-refractivity contribution in [2.45, 2.75) is 12.5 Å². The summed E-state index contributed by atoms with van der Waals surface area (Å²) < 4.78 is 0.226. The highest BCUT2D eigenvalue weighted by Crippen LogP contribution is 2.35. The third-order valence-electron chi connectivity index (χ3n) is 3.19. The number of carboxylic acids is 1. The number of hydrogen-bond donors (Lipinski definition) is 0. The third kappa shape index (κ3) is 4.29. The van der Waals surface area contributed by atoms with E-state index in [9.17, 15) is 14.7 Å². The molecular formula is C15H13ClNO3S3-. The molecule has 0 aliphatic carbocycles. The number of nitrogens with zero attached hydrogens (tertiary/aromatic N) is 1. The first kappa shape index (κ1) is 18.3. The maximum absolute atomic E-state index is 12.5. The van der Waals surface area contributed by atoms with Crippen molar-refractivity contribution >= 4 is 69.6 Å². The Balaban J connectivity index is 2.29. The van der Waals surface area contributed by atoms with Crippen LogP contribution in [0.4, 0.5) is 0 Å². The molecular weight excluding hydrogens is 374 g/mol. The molecule has 1 heterocycles. The van der Waals surface area contributed by atoms with E-state index in [1.165, 1.54) is 11.8 Å². The fourth-order valence-corrected chi connectivity index (χ4v) is 4.06. The molecule has 122 valence electrons. The molecule has 1 fully saturated rings. The lowest BCUT2D eigenvalue weighted by atomic mass is 10.1. The molecule has 23 heavy (non-hydrogen) atoms. The van der Waals surface area contributed by atoms with Gasteiger partial charge >= 0.3 is 0 Å². The highest BCUT2D eigenvalue weighted by atomic mass is 35.5. The minimum absolute atomic E-state index is 0.226. The summed E-state index contributed by atoms with van der Waals surface area (Å²) in [5.74, 6) is -1.12. The Bertz CT molecular complexity index is 678. The van der Waals surface area contributed by atoms with Crippen LogP contribution in [0.25, 0.3) is 6.08 Å². The lowest BCUT2D eigenvalue weighted by Crippen LogP contribution is -2.50. The van der Waals surface area contributed by atoms with Crippen LogP contribution in [0.3, 0.4) is 0 Å². The zero-order valence-electron chi connectivity index (χ0n) is 12.2. The number of hydrogen-bond acceptors (Lipinski definition) is 6. The van der Waals surface area contributed by atoms with Gasteiger partial charge in [0, 0.05) is 5.02 Å². The van der Waals surface area contributed by atoms with Gasteiger partial charge in [0.15, 0.2) is 0 Å². The molecule has 0 aromatic heterocycles. The number of halogens is 1. The average molecular weight is 387 g/mol. The second-order valence-electron chi connectivity index (χ2n) is 4.69. The Kier molecular flexibility index (Phi) is 6.52. The molecule has 0 spiro atoms. The predicted molar refractivity (Wildman–Crippen MR) is 98.3 cm³/mol. The van der Waals surface area contributed by atoms with Crippen molar-refractivity contribution in [1.82, 2.24) is 4.90 Å². The van der Waals surface area contributed by atoms with E-state index in [4.69, 9.17) is 23.8 Å². The number of thioether (sulfide) groups is 2. The van der Waals surface area contributed by atoms with E-state index in [1.54, 1.807) is 30.3 Å². The van der Waals surface area contributed by atoms with E-state index >= 15 is 0 Å². The van der Waals surface area contributed by atoms with Crippen LogP contribution < -0.4 is 5.11 Å². The Morgan fingerprint density at radius 2 is 2.22 bits per heavy atom. The van der Waals surface area contributed by atoms with E-state index in [1.807, 2.05) is 6.26 Å². The summed E-state index contributed by atoms with van der Waals surface area (Å²) in [7, 11) is 0. The van der Waals surface area contributed by atoms with Gasteiger partial charge < -0.3 is 9.90 Å². The van der Waals surface area contributed by atoms with Crippen molar-refractivity contribution < 1.29 is 14.7 Å². The molecule has 0 saturated carbocycles. The van der Waals surface area contributed by atoms with Crippen molar-refractivity contribution in [3.05, 3.63) is 39.8 Å². The predicted octanol–water partition coefficient (Wildman–Crippen LogP) is 2.41. The van der Waals surface area contributed by atoms with Crippen molar-refractivity contribution in [2.75, 3.05) is 12.0 Å². The van der Waals surface area contributed by atoms with Crippen LogP contribution in [0.2, 0.25) is 5.02 Å². The smallest absolute Gasteiger partial charge is 0.266 e. The molecule has 2 rings (SSSR count). The number of amides is 1. The largest absolute Gasteiger partial charge is 0.548 e. The fourth-order valence-electron chi connectivity index (χ4n) is 2.06. The first-order valence-electron chi connectivity index (χ1n) is 6.67. The van der Waals surface area contributed by atoms with Gasteiger partial charge in [-0.1, -0.05) is 53.8 Å². The van der Waals surface area contributed by atoms with Gasteiger partial charge in [0.2, 0.25) is 0 Å². The van der Waals surface area contributed by atoms with Crippen LogP contribution in [0.15, 0.2) is 29.2 Å². The molecule has 1 aliphatic heterocycles. The summed E-state index contributed by atoms with van der Waals surface area (Å²) in [6, 6.07) is 6.04. The monoisotopic (exact) mass is 386 g/mol. The van der Waals surface area contributed by atoms with Crippen molar-refractivity contribution in [2.24, 2.45) is 0 Å². The topological polar surface area (TPSA) is 60.4 Å². The first-order chi connectivity index (χ1) is 11.0. The van der Waals surface area contributed by atoms with Crippen LogP contribution in [0, 0.1) is 0 Å². The molecule has 0 bridgehead atoms. The second kappa shape index (κ2) is 8.19. The highest BCUT2D eigenvalue weighted by Gasteiger charge is 2.37. The Hall–Kier alpha value is -1.02. The molecule has 1 aliphatic rings. The van der Waals surface area contributed by atoms with E-state index < -0.39 is 17.9 Å². The molecule has 0 radical (unpaired) electrons. The molecule has 4 nitrogen and oxygen atoms in total. The average Bonchev–Trinajstić information content (AvgIpc) is 2.77. The normalized spacial score (nSPS) is 17.8. The lowest BCUT2D eigenvalue weighted by molar-refractivity contribution is -0.310. The minimum atomic E-state index is -1.30. The summed E-state index contributed by atoms with van der Waals surface area (Å²) in [5.41, 5.74) is 0.684.